The Morgan fingerprint density at radius 1 is 1.25 bits per heavy atom. The minimum atomic E-state index is -0.348. The van der Waals surface area contributed by atoms with Crippen molar-refractivity contribution < 1.29 is 13.9 Å². The van der Waals surface area contributed by atoms with Crippen LogP contribution in [0.1, 0.15) is 12.8 Å². The fraction of sp³-hybridized carbons (Fsp3) is 0.444. The summed E-state index contributed by atoms with van der Waals surface area (Å²) in [6.45, 7) is 3.72. The number of rotatable bonds is 2. The number of carbonyl (C=O) groups excluding carboxylic acids is 1. The summed E-state index contributed by atoms with van der Waals surface area (Å²) < 4.78 is 11.5. The van der Waals surface area contributed by atoms with Crippen molar-refractivity contribution in [2.45, 2.75) is 18.4 Å². The number of aromatic nitrogens is 1. The molecule has 24 heavy (non-hydrogen) atoms. The van der Waals surface area contributed by atoms with E-state index in [1.54, 1.807) is 23.6 Å². The molecule has 1 amide bonds. The first-order chi connectivity index (χ1) is 11.7. The summed E-state index contributed by atoms with van der Waals surface area (Å²) in [7, 11) is 0. The molecule has 4 aliphatic rings. The molecule has 0 aromatic carbocycles. The SMILES string of the molecule is O=C1O[C@@]2(CN3CCC2CC3)CN1c1coc(-c2cccnc2)c1. The summed E-state index contributed by atoms with van der Waals surface area (Å²) in [5, 5.41) is 0. The zero-order chi connectivity index (χ0) is 16.1. The van der Waals surface area contributed by atoms with E-state index in [4.69, 9.17) is 9.15 Å². The van der Waals surface area contributed by atoms with Crippen LogP contribution < -0.4 is 4.90 Å². The lowest BCUT2D eigenvalue weighted by Crippen LogP contribution is -2.61. The lowest BCUT2D eigenvalue weighted by atomic mass is 9.75. The molecule has 2 aromatic heterocycles. The molecule has 6 heteroatoms. The topological polar surface area (TPSA) is 58.8 Å². The summed E-state index contributed by atoms with van der Waals surface area (Å²) >= 11 is 0. The van der Waals surface area contributed by atoms with Crippen LogP contribution in [-0.4, -0.2) is 47.8 Å². The van der Waals surface area contributed by atoms with E-state index in [1.165, 1.54) is 0 Å². The molecule has 1 atom stereocenters. The highest BCUT2D eigenvalue weighted by Gasteiger charge is 2.55. The Kier molecular flexibility index (Phi) is 2.97. The maximum atomic E-state index is 12.5. The van der Waals surface area contributed by atoms with Crippen LogP contribution in [-0.2, 0) is 4.74 Å². The summed E-state index contributed by atoms with van der Waals surface area (Å²) in [5.41, 5.74) is 1.31. The quantitative estimate of drug-likeness (QED) is 0.850. The van der Waals surface area contributed by atoms with Gasteiger partial charge in [-0.15, -0.1) is 0 Å². The number of anilines is 1. The predicted molar refractivity (Wildman–Crippen MR) is 87.7 cm³/mol. The Morgan fingerprint density at radius 2 is 2.12 bits per heavy atom. The monoisotopic (exact) mass is 325 g/mol. The second kappa shape index (κ2) is 5.08. The minimum absolute atomic E-state index is 0.262. The molecule has 0 radical (unpaired) electrons. The highest BCUT2D eigenvalue weighted by atomic mass is 16.6. The molecule has 0 N–H and O–H groups in total. The Morgan fingerprint density at radius 3 is 2.83 bits per heavy atom. The van der Waals surface area contributed by atoms with Gasteiger partial charge in [-0.1, -0.05) is 0 Å². The van der Waals surface area contributed by atoms with Crippen molar-refractivity contribution in [3.05, 3.63) is 36.9 Å². The van der Waals surface area contributed by atoms with Crippen molar-refractivity contribution in [2.75, 3.05) is 31.1 Å². The van der Waals surface area contributed by atoms with Crippen molar-refractivity contribution in [2.24, 2.45) is 5.92 Å². The van der Waals surface area contributed by atoms with Crippen LogP contribution in [0.25, 0.3) is 11.3 Å². The highest BCUT2D eigenvalue weighted by Crippen LogP contribution is 2.43. The molecule has 0 aliphatic carbocycles. The standard InChI is InChI=1S/C18H19N3O3/c22-17-21(12-18(24-17)11-20-6-3-14(18)4-7-20)15-8-16(23-10-15)13-2-1-5-19-9-13/h1-2,5,8-10,14H,3-4,6-7,11-12H2/t18-/m0/s1. The smallest absolute Gasteiger partial charge is 0.415 e. The van der Waals surface area contributed by atoms with Gasteiger partial charge in [0.15, 0.2) is 0 Å². The largest absolute Gasteiger partial charge is 0.462 e. The molecule has 124 valence electrons. The van der Waals surface area contributed by atoms with E-state index in [0.717, 1.165) is 43.7 Å². The number of piperidine rings is 3. The van der Waals surface area contributed by atoms with Crippen LogP contribution >= 0.6 is 0 Å². The molecule has 6 rings (SSSR count). The Hall–Kier alpha value is -2.34. The first kappa shape index (κ1) is 14.0. The average molecular weight is 325 g/mol. The van der Waals surface area contributed by atoms with Crippen LogP contribution in [0.15, 0.2) is 41.3 Å². The van der Waals surface area contributed by atoms with Gasteiger partial charge in [-0.25, -0.2) is 4.79 Å². The fourth-order valence-electron chi connectivity index (χ4n) is 4.34. The van der Waals surface area contributed by atoms with Gasteiger partial charge in [0.05, 0.1) is 12.2 Å². The number of amides is 1. The average Bonchev–Trinajstić information content (AvgIpc) is 3.22. The van der Waals surface area contributed by atoms with Crippen molar-refractivity contribution in [3.8, 4) is 11.3 Å². The van der Waals surface area contributed by atoms with Gasteiger partial charge in [-0.05, 0) is 38.1 Å². The van der Waals surface area contributed by atoms with Gasteiger partial charge >= 0.3 is 6.09 Å². The first-order valence-electron chi connectivity index (χ1n) is 8.45. The van der Waals surface area contributed by atoms with Crippen LogP contribution in [0.5, 0.6) is 0 Å². The lowest BCUT2D eigenvalue weighted by Gasteiger charge is -2.49. The van der Waals surface area contributed by atoms with Gasteiger partial charge in [-0.3, -0.25) is 14.8 Å². The number of hydrogen-bond donors (Lipinski definition) is 0. The Bertz CT molecular complexity index is 767. The van der Waals surface area contributed by atoms with Gasteiger partial charge in [0.1, 0.15) is 17.6 Å². The van der Waals surface area contributed by atoms with Crippen LogP contribution in [0.2, 0.25) is 0 Å². The maximum Gasteiger partial charge on any atom is 0.415 e. The van der Waals surface area contributed by atoms with Crippen molar-refractivity contribution in [1.82, 2.24) is 9.88 Å². The van der Waals surface area contributed by atoms with Gasteiger partial charge < -0.3 is 9.15 Å². The number of carbonyl (C=O) groups is 1. The molecule has 0 saturated carbocycles. The highest BCUT2D eigenvalue weighted by molar-refractivity contribution is 5.91. The van der Waals surface area contributed by atoms with Crippen LogP contribution in [0, 0.1) is 5.92 Å². The molecule has 6 heterocycles. The molecule has 4 fully saturated rings. The third-order valence-electron chi connectivity index (χ3n) is 5.60. The number of fused-ring (bicyclic) bond motifs is 2. The molecule has 4 aliphatic heterocycles. The van der Waals surface area contributed by atoms with E-state index in [0.29, 0.717) is 18.2 Å². The third kappa shape index (κ3) is 2.06. The van der Waals surface area contributed by atoms with Gasteiger partial charge in [0.25, 0.3) is 0 Å². The molecular formula is C18H19N3O3. The Labute approximate surface area is 140 Å². The van der Waals surface area contributed by atoms with E-state index in [1.807, 2.05) is 18.2 Å². The number of nitrogens with zero attached hydrogens (tertiary/aromatic N) is 3. The normalized spacial score (nSPS) is 31.7. The number of ether oxygens (including phenoxy) is 1. The second-order valence-electron chi connectivity index (χ2n) is 6.98. The second-order valence-corrected chi connectivity index (χ2v) is 6.98. The summed E-state index contributed by atoms with van der Waals surface area (Å²) in [5.74, 6) is 1.18. The van der Waals surface area contributed by atoms with Gasteiger partial charge in [-0.2, -0.15) is 0 Å². The van der Waals surface area contributed by atoms with E-state index in [9.17, 15) is 4.79 Å². The van der Waals surface area contributed by atoms with E-state index in [-0.39, 0.29) is 11.7 Å². The molecule has 0 unspecified atom stereocenters. The van der Waals surface area contributed by atoms with E-state index in [2.05, 4.69) is 9.88 Å². The summed E-state index contributed by atoms with van der Waals surface area (Å²) in [6.07, 6.45) is 7.08. The molecule has 4 saturated heterocycles. The fourth-order valence-corrected chi connectivity index (χ4v) is 4.34. The Balaban J connectivity index is 1.42. The number of pyridine rings is 1. The molecule has 2 bridgehead atoms. The number of hydrogen-bond acceptors (Lipinski definition) is 5. The molecular weight excluding hydrogens is 306 g/mol. The van der Waals surface area contributed by atoms with E-state index < -0.39 is 0 Å². The molecule has 1 spiro atoms. The summed E-state index contributed by atoms with van der Waals surface area (Å²) in [4.78, 5) is 20.7. The molecule has 6 nitrogen and oxygen atoms in total. The van der Waals surface area contributed by atoms with Crippen LogP contribution in [0.4, 0.5) is 10.5 Å². The van der Waals surface area contributed by atoms with Crippen molar-refractivity contribution >= 4 is 11.8 Å². The van der Waals surface area contributed by atoms with E-state index >= 15 is 0 Å². The zero-order valence-electron chi connectivity index (χ0n) is 13.4. The van der Waals surface area contributed by atoms with Crippen LogP contribution in [0.3, 0.4) is 0 Å². The third-order valence-corrected chi connectivity index (χ3v) is 5.60. The molecule has 2 aromatic rings. The van der Waals surface area contributed by atoms with Crippen molar-refractivity contribution in [1.29, 1.82) is 0 Å². The zero-order valence-corrected chi connectivity index (χ0v) is 13.4. The van der Waals surface area contributed by atoms with Gasteiger partial charge in [0.2, 0.25) is 0 Å². The first-order valence-corrected chi connectivity index (χ1v) is 8.45. The number of furan rings is 1. The summed E-state index contributed by atoms with van der Waals surface area (Å²) in [6, 6.07) is 5.69. The predicted octanol–water partition coefficient (Wildman–Crippen LogP) is 2.76. The maximum absolute atomic E-state index is 12.5. The van der Waals surface area contributed by atoms with Crippen molar-refractivity contribution in [3.63, 3.8) is 0 Å². The lowest BCUT2D eigenvalue weighted by molar-refractivity contribution is -0.0881. The minimum Gasteiger partial charge on any atom is -0.462 e. The van der Waals surface area contributed by atoms with Gasteiger partial charge in [0, 0.05) is 36.5 Å².